The molecule has 0 saturated carbocycles. The summed E-state index contributed by atoms with van der Waals surface area (Å²) in [6.07, 6.45) is -0.0759. The molecule has 0 spiro atoms. The number of esters is 1. The third-order valence-electron chi connectivity index (χ3n) is 4.00. The van der Waals surface area contributed by atoms with Crippen molar-refractivity contribution in [2.24, 2.45) is 5.92 Å². The van der Waals surface area contributed by atoms with Gasteiger partial charge >= 0.3 is 5.97 Å². The largest absolute Gasteiger partial charge is 0.455 e. The van der Waals surface area contributed by atoms with E-state index in [0.29, 0.717) is 5.69 Å². The first-order chi connectivity index (χ1) is 12.5. The Hall–Kier alpha value is -3.22. The van der Waals surface area contributed by atoms with Crippen LogP contribution in [-0.2, 0) is 19.1 Å². The number of halogens is 1. The molecule has 1 atom stereocenters. The summed E-state index contributed by atoms with van der Waals surface area (Å²) in [7, 11) is 0. The Morgan fingerprint density at radius 1 is 1.12 bits per heavy atom. The zero-order valence-corrected chi connectivity index (χ0v) is 13.9. The molecule has 1 heterocycles. The second-order valence-corrected chi connectivity index (χ2v) is 5.88. The van der Waals surface area contributed by atoms with E-state index in [1.165, 1.54) is 23.1 Å². The van der Waals surface area contributed by atoms with Crippen molar-refractivity contribution >= 4 is 29.2 Å². The molecule has 2 aromatic carbocycles. The molecular formula is C19H17FN2O4. The summed E-state index contributed by atoms with van der Waals surface area (Å²) in [6, 6.07) is 14.6. The summed E-state index contributed by atoms with van der Waals surface area (Å²) < 4.78 is 18.8. The number of hydrogen-bond donors (Lipinski definition) is 1. The lowest BCUT2D eigenvalue weighted by atomic mass is 10.1. The minimum Gasteiger partial charge on any atom is -0.455 e. The molecule has 0 aromatic heterocycles. The molecule has 134 valence electrons. The van der Waals surface area contributed by atoms with E-state index in [0.717, 1.165) is 0 Å². The first kappa shape index (κ1) is 17.6. The molecule has 3 rings (SSSR count). The molecule has 6 nitrogen and oxygen atoms in total. The van der Waals surface area contributed by atoms with Crippen molar-refractivity contribution in [2.45, 2.75) is 6.42 Å². The fourth-order valence-corrected chi connectivity index (χ4v) is 2.74. The number of benzene rings is 2. The summed E-state index contributed by atoms with van der Waals surface area (Å²) in [4.78, 5) is 37.3. The molecule has 26 heavy (non-hydrogen) atoms. The fraction of sp³-hybridized carbons (Fsp3) is 0.211. The number of anilines is 2. The van der Waals surface area contributed by atoms with E-state index in [2.05, 4.69) is 5.32 Å². The van der Waals surface area contributed by atoms with Crippen LogP contribution in [0.15, 0.2) is 54.6 Å². The van der Waals surface area contributed by atoms with Crippen LogP contribution < -0.4 is 10.2 Å². The van der Waals surface area contributed by atoms with Gasteiger partial charge in [-0.05, 0) is 24.3 Å². The average Bonchev–Trinajstić information content (AvgIpc) is 3.02. The normalized spacial score (nSPS) is 16.4. The molecule has 0 bridgehead atoms. The van der Waals surface area contributed by atoms with Gasteiger partial charge in [0.2, 0.25) is 5.91 Å². The lowest BCUT2D eigenvalue weighted by molar-refractivity contribution is -0.151. The van der Waals surface area contributed by atoms with Crippen LogP contribution in [0.25, 0.3) is 0 Å². The van der Waals surface area contributed by atoms with Crippen molar-refractivity contribution in [1.29, 1.82) is 0 Å². The SMILES string of the molecule is O=C(COC(=O)[C@@H]1CC(=O)N(c2ccccc2F)C1)Nc1ccccc1. The first-order valence-electron chi connectivity index (χ1n) is 8.11. The Morgan fingerprint density at radius 3 is 2.54 bits per heavy atom. The van der Waals surface area contributed by atoms with Gasteiger partial charge in [-0.1, -0.05) is 30.3 Å². The highest BCUT2D eigenvalue weighted by Gasteiger charge is 2.37. The highest BCUT2D eigenvalue weighted by atomic mass is 19.1. The van der Waals surface area contributed by atoms with Gasteiger partial charge in [0.15, 0.2) is 6.61 Å². The zero-order valence-electron chi connectivity index (χ0n) is 13.9. The van der Waals surface area contributed by atoms with Crippen molar-refractivity contribution in [3.8, 4) is 0 Å². The molecule has 0 aliphatic carbocycles. The number of carbonyl (C=O) groups excluding carboxylic acids is 3. The van der Waals surface area contributed by atoms with E-state index in [9.17, 15) is 18.8 Å². The van der Waals surface area contributed by atoms with E-state index in [1.807, 2.05) is 6.07 Å². The molecule has 2 aromatic rings. The van der Waals surface area contributed by atoms with Crippen LogP contribution in [0, 0.1) is 11.7 Å². The van der Waals surface area contributed by atoms with Crippen LogP contribution >= 0.6 is 0 Å². The molecule has 1 fully saturated rings. The Balaban J connectivity index is 1.53. The molecule has 1 saturated heterocycles. The van der Waals surface area contributed by atoms with E-state index in [-0.39, 0.29) is 24.6 Å². The predicted octanol–water partition coefficient (Wildman–Crippen LogP) is 2.36. The third-order valence-corrected chi connectivity index (χ3v) is 4.00. The topological polar surface area (TPSA) is 75.7 Å². The Labute approximate surface area is 149 Å². The Bertz CT molecular complexity index is 825. The van der Waals surface area contributed by atoms with E-state index >= 15 is 0 Å². The number of hydrogen-bond acceptors (Lipinski definition) is 4. The van der Waals surface area contributed by atoms with Crippen LogP contribution in [0.4, 0.5) is 15.8 Å². The maximum absolute atomic E-state index is 13.8. The first-order valence-corrected chi connectivity index (χ1v) is 8.11. The standard InChI is InChI=1S/C19H17FN2O4/c20-15-8-4-5-9-16(15)22-11-13(10-18(22)24)19(25)26-12-17(23)21-14-6-2-1-3-7-14/h1-9,13H,10-12H2,(H,21,23)/t13-/m1/s1. The van der Waals surface area contributed by atoms with E-state index in [4.69, 9.17) is 4.74 Å². The lowest BCUT2D eigenvalue weighted by Crippen LogP contribution is -2.28. The summed E-state index contributed by atoms with van der Waals surface area (Å²) in [5.74, 6) is -2.74. The van der Waals surface area contributed by atoms with Gasteiger partial charge in [-0.3, -0.25) is 14.4 Å². The monoisotopic (exact) mass is 356 g/mol. The van der Waals surface area contributed by atoms with Gasteiger partial charge in [-0.25, -0.2) is 4.39 Å². The van der Waals surface area contributed by atoms with Crippen molar-refractivity contribution in [2.75, 3.05) is 23.4 Å². The molecule has 1 N–H and O–H groups in total. The number of amides is 2. The molecule has 0 unspecified atom stereocenters. The van der Waals surface area contributed by atoms with Crippen LogP contribution in [0.3, 0.4) is 0 Å². The molecule has 1 aliphatic heterocycles. The van der Waals surface area contributed by atoms with Crippen molar-refractivity contribution in [1.82, 2.24) is 0 Å². The Kier molecular flexibility index (Phi) is 5.26. The average molecular weight is 356 g/mol. The number of rotatable bonds is 5. The maximum Gasteiger partial charge on any atom is 0.311 e. The van der Waals surface area contributed by atoms with Crippen LogP contribution in [0.1, 0.15) is 6.42 Å². The quantitative estimate of drug-likeness (QED) is 0.835. The number of nitrogens with one attached hydrogen (secondary N) is 1. The summed E-state index contributed by atoms with van der Waals surface area (Å²) >= 11 is 0. The van der Waals surface area contributed by atoms with Crippen molar-refractivity contribution in [3.63, 3.8) is 0 Å². The number of carbonyl (C=O) groups is 3. The summed E-state index contributed by atoms with van der Waals surface area (Å²) in [5, 5.41) is 2.60. The minimum absolute atomic E-state index is 0.0267. The van der Waals surface area contributed by atoms with Crippen LogP contribution in [-0.4, -0.2) is 30.9 Å². The molecule has 2 amide bonds. The molecule has 1 aliphatic rings. The molecular weight excluding hydrogens is 339 g/mol. The lowest BCUT2D eigenvalue weighted by Gasteiger charge is -2.17. The van der Waals surface area contributed by atoms with Gasteiger partial charge in [-0.15, -0.1) is 0 Å². The maximum atomic E-state index is 13.8. The van der Waals surface area contributed by atoms with E-state index < -0.39 is 30.2 Å². The predicted molar refractivity (Wildman–Crippen MR) is 92.9 cm³/mol. The fourth-order valence-electron chi connectivity index (χ4n) is 2.74. The second kappa shape index (κ2) is 7.77. The van der Waals surface area contributed by atoms with Gasteiger partial charge < -0.3 is 15.0 Å². The number of para-hydroxylation sites is 2. The van der Waals surface area contributed by atoms with Gasteiger partial charge in [0.05, 0.1) is 11.6 Å². The van der Waals surface area contributed by atoms with Crippen molar-refractivity contribution < 1.29 is 23.5 Å². The zero-order chi connectivity index (χ0) is 18.5. The molecule has 7 heteroatoms. The van der Waals surface area contributed by atoms with Crippen LogP contribution in [0.2, 0.25) is 0 Å². The van der Waals surface area contributed by atoms with Crippen molar-refractivity contribution in [3.05, 3.63) is 60.4 Å². The van der Waals surface area contributed by atoms with Gasteiger partial charge in [0, 0.05) is 18.7 Å². The summed E-state index contributed by atoms with van der Waals surface area (Å²) in [6.45, 7) is -0.420. The minimum atomic E-state index is -0.730. The number of ether oxygens (including phenoxy) is 1. The second-order valence-electron chi connectivity index (χ2n) is 5.88. The van der Waals surface area contributed by atoms with Crippen LogP contribution in [0.5, 0.6) is 0 Å². The van der Waals surface area contributed by atoms with Gasteiger partial charge in [-0.2, -0.15) is 0 Å². The molecule has 0 radical (unpaired) electrons. The smallest absolute Gasteiger partial charge is 0.311 e. The van der Waals surface area contributed by atoms with Gasteiger partial charge in [0.1, 0.15) is 5.82 Å². The highest BCUT2D eigenvalue weighted by Crippen LogP contribution is 2.27. The van der Waals surface area contributed by atoms with Gasteiger partial charge in [0.25, 0.3) is 5.91 Å². The highest BCUT2D eigenvalue weighted by molar-refractivity contribution is 6.00. The summed E-state index contributed by atoms with van der Waals surface area (Å²) in [5.41, 5.74) is 0.727. The third kappa shape index (κ3) is 4.05. The Morgan fingerprint density at radius 2 is 1.81 bits per heavy atom. The van der Waals surface area contributed by atoms with E-state index in [1.54, 1.807) is 30.3 Å². The number of nitrogens with zero attached hydrogens (tertiary/aromatic N) is 1.